The highest BCUT2D eigenvalue weighted by Crippen LogP contribution is 2.43. The SMILES string of the molecule is CCCCC/C=C\C/C=C\CCCCCCCCCCCC(=O)NC(COP(=O)(O)OCCN)C(O)/C=C/CCCCCCCCCCCCCCCCCC. The smallest absolute Gasteiger partial charge is 0.387 e. The Labute approximate surface area is 346 Å². The fourth-order valence-electron chi connectivity index (χ4n) is 6.87. The molecule has 0 aliphatic rings. The van der Waals surface area contributed by atoms with Gasteiger partial charge in [0.25, 0.3) is 0 Å². The van der Waals surface area contributed by atoms with Crippen LogP contribution in [0.25, 0.3) is 0 Å². The van der Waals surface area contributed by atoms with Crippen molar-refractivity contribution in [3.8, 4) is 0 Å². The Morgan fingerprint density at radius 1 is 0.589 bits per heavy atom. The van der Waals surface area contributed by atoms with Crippen molar-refractivity contribution in [1.82, 2.24) is 5.32 Å². The number of nitrogens with one attached hydrogen (secondary N) is 1. The summed E-state index contributed by atoms with van der Waals surface area (Å²) in [5.74, 6) is -0.198. The molecule has 0 aliphatic heterocycles. The number of phosphoric ester groups is 1. The van der Waals surface area contributed by atoms with Gasteiger partial charge in [0, 0.05) is 13.0 Å². The van der Waals surface area contributed by atoms with E-state index in [-0.39, 0.29) is 25.7 Å². The van der Waals surface area contributed by atoms with Gasteiger partial charge in [-0.2, -0.15) is 0 Å². The van der Waals surface area contributed by atoms with Crippen molar-refractivity contribution in [2.45, 2.75) is 238 Å². The molecule has 0 aromatic rings. The number of hydrogen-bond acceptors (Lipinski definition) is 6. The highest BCUT2D eigenvalue weighted by atomic mass is 31.2. The van der Waals surface area contributed by atoms with Crippen LogP contribution in [-0.4, -0.2) is 47.8 Å². The second kappa shape index (κ2) is 43.3. The molecular weight excluding hydrogens is 719 g/mol. The molecule has 3 atom stereocenters. The van der Waals surface area contributed by atoms with E-state index in [2.05, 4.69) is 43.5 Å². The van der Waals surface area contributed by atoms with E-state index in [1.807, 2.05) is 6.08 Å². The van der Waals surface area contributed by atoms with Crippen molar-refractivity contribution in [3.63, 3.8) is 0 Å². The van der Waals surface area contributed by atoms with E-state index < -0.39 is 20.0 Å². The largest absolute Gasteiger partial charge is 0.472 e. The number of carbonyl (C=O) groups is 1. The van der Waals surface area contributed by atoms with Gasteiger partial charge in [0.1, 0.15) is 0 Å². The van der Waals surface area contributed by atoms with Crippen molar-refractivity contribution in [2.75, 3.05) is 19.8 Å². The van der Waals surface area contributed by atoms with Gasteiger partial charge in [0.05, 0.1) is 25.4 Å². The number of unbranched alkanes of at least 4 members (excludes halogenated alkanes) is 28. The van der Waals surface area contributed by atoms with Gasteiger partial charge in [-0.3, -0.25) is 13.8 Å². The maximum atomic E-state index is 12.8. The van der Waals surface area contributed by atoms with E-state index >= 15 is 0 Å². The summed E-state index contributed by atoms with van der Waals surface area (Å²) in [7, 11) is -4.34. The van der Waals surface area contributed by atoms with Crippen LogP contribution < -0.4 is 11.1 Å². The molecule has 0 heterocycles. The predicted octanol–water partition coefficient (Wildman–Crippen LogP) is 13.5. The lowest BCUT2D eigenvalue weighted by Crippen LogP contribution is -2.45. The molecule has 56 heavy (non-hydrogen) atoms. The summed E-state index contributed by atoms with van der Waals surface area (Å²) in [6.07, 6.45) is 51.9. The van der Waals surface area contributed by atoms with Crippen molar-refractivity contribution >= 4 is 13.7 Å². The molecule has 0 spiro atoms. The molecule has 0 radical (unpaired) electrons. The average Bonchev–Trinajstić information content (AvgIpc) is 3.19. The van der Waals surface area contributed by atoms with Gasteiger partial charge in [-0.15, -0.1) is 0 Å². The van der Waals surface area contributed by atoms with Crippen LogP contribution in [0.1, 0.15) is 226 Å². The van der Waals surface area contributed by atoms with E-state index in [4.69, 9.17) is 14.8 Å². The zero-order valence-electron chi connectivity index (χ0n) is 36.6. The topological polar surface area (TPSA) is 131 Å². The second-order valence-corrected chi connectivity index (χ2v) is 17.4. The summed E-state index contributed by atoms with van der Waals surface area (Å²) < 4.78 is 22.2. The Bertz CT molecular complexity index is 974. The standard InChI is InChI=1S/C47H91N2O6P/c1-3-5-7-9-11-13-15-17-19-21-23-25-27-29-31-33-35-37-39-41-47(51)49-45(44-55-56(52,53)54-43-42-48)46(50)40-38-36-34-32-30-28-26-24-22-20-18-16-14-12-10-8-6-4-2/h11,13,17,19,38,40,45-46,50H,3-10,12,14-16,18,20-37,39,41-44,48H2,1-2H3,(H,49,51)(H,52,53)/b13-11-,19-17-,40-38+. The second-order valence-electron chi connectivity index (χ2n) is 16.0. The van der Waals surface area contributed by atoms with Crippen LogP contribution >= 0.6 is 7.82 Å². The Hall–Kier alpha value is -1.28. The Morgan fingerprint density at radius 2 is 0.982 bits per heavy atom. The summed E-state index contributed by atoms with van der Waals surface area (Å²) in [5, 5.41) is 13.7. The molecule has 9 heteroatoms. The van der Waals surface area contributed by atoms with E-state index in [9.17, 15) is 19.4 Å². The molecule has 0 aliphatic carbocycles. The van der Waals surface area contributed by atoms with Crippen LogP contribution in [0.5, 0.6) is 0 Å². The lowest BCUT2D eigenvalue weighted by atomic mass is 10.0. The van der Waals surface area contributed by atoms with E-state index in [0.29, 0.717) is 6.42 Å². The Balaban J connectivity index is 4.16. The van der Waals surface area contributed by atoms with Crippen molar-refractivity contribution in [1.29, 1.82) is 0 Å². The first kappa shape index (κ1) is 54.7. The molecule has 1 amide bonds. The molecule has 3 unspecified atom stereocenters. The lowest BCUT2D eigenvalue weighted by molar-refractivity contribution is -0.123. The number of carbonyl (C=O) groups excluding carboxylic acids is 1. The van der Waals surface area contributed by atoms with Crippen LogP contribution in [-0.2, 0) is 18.4 Å². The van der Waals surface area contributed by atoms with Crippen LogP contribution in [0, 0.1) is 0 Å². The van der Waals surface area contributed by atoms with Gasteiger partial charge < -0.3 is 21.1 Å². The summed E-state index contributed by atoms with van der Waals surface area (Å²) in [6, 6.07) is -0.862. The molecule has 0 rings (SSSR count). The first-order valence-electron chi connectivity index (χ1n) is 23.6. The highest BCUT2D eigenvalue weighted by molar-refractivity contribution is 7.47. The summed E-state index contributed by atoms with van der Waals surface area (Å²) >= 11 is 0. The van der Waals surface area contributed by atoms with Gasteiger partial charge in [-0.1, -0.05) is 204 Å². The normalized spacial score (nSPS) is 14.3. The zero-order chi connectivity index (χ0) is 41.1. The van der Waals surface area contributed by atoms with Gasteiger partial charge in [0.2, 0.25) is 5.91 Å². The third kappa shape index (κ3) is 40.9. The molecule has 0 saturated carbocycles. The van der Waals surface area contributed by atoms with Crippen molar-refractivity contribution in [3.05, 3.63) is 36.5 Å². The third-order valence-corrected chi connectivity index (χ3v) is 11.4. The van der Waals surface area contributed by atoms with Crippen LogP contribution in [0.4, 0.5) is 0 Å². The minimum absolute atomic E-state index is 0.0777. The monoisotopic (exact) mass is 811 g/mol. The number of nitrogens with two attached hydrogens (primary N) is 1. The number of aliphatic hydroxyl groups excluding tert-OH is 1. The van der Waals surface area contributed by atoms with Crippen molar-refractivity contribution in [2.24, 2.45) is 5.73 Å². The van der Waals surface area contributed by atoms with Gasteiger partial charge >= 0.3 is 7.82 Å². The van der Waals surface area contributed by atoms with E-state index in [1.165, 1.54) is 161 Å². The summed E-state index contributed by atoms with van der Waals surface area (Å²) in [4.78, 5) is 22.8. The van der Waals surface area contributed by atoms with Gasteiger partial charge in [0.15, 0.2) is 0 Å². The minimum Gasteiger partial charge on any atom is -0.387 e. The average molecular weight is 811 g/mol. The zero-order valence-corrected chi connectivity index (χ0v) is 37.5. The molecule has 0 bridgehead atoms. The maximum absolute atomic E-state index is 12.8. The number of phosphoric acid groups is 1. The lowest BCUT2D eigenvalue weighted by Gasteiger charge is -2.23. The molecule has 0 fully saturated rings. The fourth-order valence-corrected chi connectivity index (χ4v) is 7.63. The van der Waals surface area contributed by atoms with Crippen LogP contribution in [0.15, 0.2) is 36.5 Å². The number of amides is 1. The first-order valence-corrected chi connectivity index (χ1v) is 25.1. The maximum Gasteiger partial charge on any atom is 0.472 e. The van der Waals surface area contributed by atoms with Crippen LogP contribution in [0.3, 0.4) is 0 Å². The molecule has 0 aromatic carbocycles. The van der Waals surface area contributed by atoms with Gasteiger partial charge in [-0.05, 0) is 51.4 Å². The fraction of sp³-hybridized carbons (Fsp3) is 0.851. The summed E-state index contributed by atoms with van der Waals surface area (Å²) in [6.45, 7) is 4.13. The van der Waals surface area contributed by atoms with E-state index in [1.54, 1.807) is 6.08 Å². The molecule has 330 valence electrons. The Kier molecular flexibility index (Phi) is 42.3. The van der Waals surface area contributed by atoms with Crippen molar-refractivity contribution < 1.29 is 28.4 Å². The number of rotatable bonds is 44. The third-order valence-electron chi connectivity index (χ3n) is 10.5. The molecule has 0 aromatic heterocycles. The molecule has 8 nitrogen and oxygen atoms in total. The van der Waals surface area contributed by atoms with Gasteiger partial charge in [-0.25, -0.2) is 4.57 Å². The molecular formula is C47H91N2O6P. The molecule has 5 N–H and O–H groups in total. The minimum atomic E-state index is -4.34. The van der Waals surface area contributed by atoms with Crippen LogP contribution in [0.2, 0.25) is 0 Å². The number of aliphatic hydroxyl groups is 1. The summed E-state index contributed by atoms with van der Waals surface area (Å²) in [5.41, 5.74) is 5.38. The first-order chi connectivity index (χ1) is 27.4. The van der Waals surface area contributed by atoms with E-state index in [0.717, 1.165) is 44.9 Å². The highest BCUT2D eigenvalue weighted by Gasteiger charge is 2.26. The quantitative estimate of drug-likeness (QED) is 0.0274. The molecule has 0 saturated heterocycles. The number of allylic oxidation sites excluding steroid dienone is 5. The predicted molar refractivity (Wildman–Crippen MR) is 240 cm³/mol. The number of hydrogen-bond donors (Lipinski definition) is 4. The Morgan fingerprint density at radius 3 is 1.45 bits per heavy atom.